The van der Waals surface area contributed by atoms with Crippen LogP contribution < -0.4 is 10.6 Å². The average Bonchev–Trinajstić information content (AvgIpc) is 3.65. The van der Waals surface area contributed by atoms with E-state index < -0.39 is 11.0 Å². The molecular formula is C31H28ClN3O2. The summed E-state index contributed by atoms with van der Waals surface area (Å²) in [4.78, 5) is 32.0. The number of benzene rings is 3. The largest absolute Gasteiger partial charge is 0.374 e. The van der Waals surface area contributed by atoms with Gasteiger partial charge in [-0.1, -0.05) is 60.1 Å². The molecule has 2 saturated heterocycles. The molecule has 2 N–H and O–H groups in total. The van der Waals surface area contributed by atoms with Crippen LogP contribution in [0.3, 0.4) is 0 Å². The Morgan fingerprint density at radius 1 is 0.892 bits per heavy atom. The molecule has 6 heteroatoms. The number of halogens is 1. The number of hydrogen-bond acceptors (Lipinski definition) is 4. The van der Waals surface area contributed by atoms with Crippen molar-refractivity contribution in [3.8, 4) is 0 Å². The van der Waals surface area contributed by atoms with E-state index in [0.29, 0.717) is 11.4 Å². The van der Waals surface area contributed by atoms with Gasteiger partial charge in [0.15, 0.2) is 5.78 Å². The molecule has 1 aliphatic carbocycles. The van der Waals surface area contributed by atoms with Gasteiger partial charge in [-0.05, 0) is 67.6 Å². The zero-order valence-electron chi connectivity index (χ0n) is 20.4. The Morgan fingerprint density at radius 3 is 2.49 bits per heavy atom. The summed E-state index contributed by atoms with van der Waals surface area (Å²) in [6, 6.07) is 24.1. The van der Waals surface area contributed by atoms with Crippen LogP contribution >= 0.6 is 11.6 Å². The lowest BCUT2D eigenvalue weighted by Gasteiger charge is -2.51. The number of nitrogens with one attached hydrogen (secondary N) is 2. The molecule has 37 heavy (non-hydrogen) atoms. The summed E-state index contributed by atoms with van der Waals surface area (Å²) >= 11 is 6.32. The molecule has 3 fully saturated rings. The third-order valence-electron chi connectivity index (χ3n) is 10.1. The van der Waals surface area contributed by atoms with Gasteiger partial charge < -0.3 is 10.6 Å². The molecule has 5 nitrogen and oxygen atoms in total. The van der Waals surface area contributed by atoms with E-state index in [1.165, 1.54) is 5.56 Å². The molecular weight excluding hydrogens is 482 g/mol. The molecule has 3 aromatic carbocycles. The Balaban J connectivity index is 1.40. The van der Waals surface area contributed by atoms with E-state index in [1.807, 2.05) is 36.4 Å². The average molecular weight is 510 g/mol. The van der Waals surface area contributed by atoms with Crippen molar-refractivity contribution in [3.05, 3.63) is 94.5 Å². The normalized spacial score (nSPS) is 35.3. The molecule has 1 saturated carbocycles. The second-order valence-corrected chi connectivity index (χ2v) is 11.8. The number of Topliss-reactive ketones (excluding diaryl/α,β-unsaturated/α-hetero) is 1. The first-order valence-corrected chi connectivity index (χ1v) is 13.8. The van der Waals surface area contributed by atoms with Crippen molar-refractivity contribution < 1.29 is 9.59 Å². The van der Waals surface area contributed by atoms with E-state index in [2.05, 4.69) is 51.9 Å². The molecule has 1 amide bonds. The first kappa shape index (κ1) is 21.9. The van der Waals surface area contributed by atoms with E-state index in [-0.39, 0.29) is 35.6 Å². The van der Waals surface area contributed by atoms with Crippen molar-refractivity contribution in [1.29, 1.82) is 0 Å². The fourth-order valence-corrected chi connectivity index (χ4v) is 9.06. The van der Waals surface area contributed by atoms with Gasteiger partial charge in [-0.15, -0.1) is 0 Å². The van der Waals surface area contributed by atoms with Crippen LogP contribution in [0.4, 0.5) is 11.4 Å². The van der Waals surface area contributed by atoms with Gasteiger partial charge in [-0.3, -0.25) is 14.5 Å². The summed E-state index contributed by atoms with van der Waals surface area (Å²) in [5.74, 6) is 0.177. The number of hydrogen-bond donors (Lipinski definition) is 2. The van der Waals surface area contributed by atoms with Gasteiger partial charge in [0.25, 0.3) is 5.91 Å². The molecule has 6 atom stereocenters. The van der Waals surface area contributed by atoms with Gasteiger partial charge in [0.1, 0.15) is 5.54 Å². The van der Waals surface area contributed by atoms with E-state index in [4.69, 9.17) is 11.6 Å². The van der Waals surface area contributed by atoms with E-state index in [1.54, 1.807) is 0 Å². The molecule has 8 rings (SSSR count). The smallest absolute Gasteiger partial charge is 0.250 e. The maximum Gasteiger partial charge on any atom is 0.250 e. The lowest BCUT2D eigenvalue weighted by molar-refractivity contribution is -0.150. The molecule has 186 valence electrons. The number of amides is 1. The summed E-state index contributed by atoms with van der Waals surface area (Å²) in [7, 11) is 0. The van der Waals surface area contributed by atoms with E-state index in [0.717, 1.165) is 48.3 Å². The highest BCUT2D eigenvalue weighted by molar-refractivity contribution is 6.30. The van der Waals surface area contributed by atoms with Crippen LogP contribution in [0.5, 0.6) is 0 Å². The number of carbonyl (C=O) groups excluding carboxylic acids is 2. The molecule has 4 heterocycles. The fourth-order valence-electron chi connectivity index (χ4n) is 8.93. The van der Waals surface area contributed by atoms with Crippen molar-refractivity contribution in [2.45, 2.75) is 55.1 Å². The Bertz CT molecular complexity index is 1470. The third-order valence-corrected chi connectivity index (χ3v) is 10.3. The number of fused-ring (bicyclic) bond motifs is 8. The summed E-state index contributed by atoms with van der Waals surface area (Å²) in [6.45, 7) is 0.813. The second kappa shape index (κ2) is 7.46. The molecule has 4 aliphatic heterocycles. The van der Waals surface area contributed by atoms with Crippen LogP contribution in [0.15, 0.2) is 72.8 Å². The molecule has 0 bridgehead atoms. The predicted molar refractivity (Wildman–Crippen MR) is 144 cm³/mol. The Morgan fingerprint density at radius 2 is 1.65 bits per heavy atom. The van der Waals surface area contributed by atoms with Crippen LogP contribution in [0.2, 0.25) is 5.02 Å². The van der Waals surface area contributed by atoms with Crippen molar-refractivity contribution in [1.82, 2.24) is 4.90 Å². The summed E-state index contributed by atoms with van der Waals surface area (Å²) in [6.07, 6.45) is 3.53. The second-order valence-electron chi connectivity index (χ2n) is 11.3. The van der Waals surface area contributed by atoms with Gasteiger partial charge in [0.2, 0.25) is 0 Å². The molecule has 2 spiro atoms. The third kappa shape index (κ3) is 2.50. The Hall–Kier alpha value is -3.15. The topological polar surface area (TPSA) is 61.4 Å². The predicted octanol–water partition coefficient (Wildman–Crippen LogP) is 5.68. The molecule has 0 radical (unpaired) electrons. The summed E-state index contributed by atoms with van der Waals surface area (Å²) in [5, 5.41) is 7.51. The quantitative estimate of drug-likeness (QED) is 0.443. The Kier molecular flexibility index (Phi) is 4.41. The molecule has 0 aromatic heterocycles. The molecule has 3 aromatic rings. The zero-order chi connectivity index (χ0) is 24.9. The van der Waals surface area contributed by atoms with Crippen molar-refractivity contribution in [3.63, 3.8) is 0 Å². The highest BCUT2D eigenvalue weighted by Crippen LogP contribution is 2.71. The van der Waals surface area contributed by atoms with Crippen LogP contribution in [0, 0.1) is 5.41 Å². The number of carbonyl (C=O) groups is 2. The number of anilines is 2. The SMILES string of the molecule is O=C1C2Nc3ccccc3C2CC[C@@]12[C@@H](c1ccc(Cl)cc1)C1CCCN1[C@@]21C(=O)Nc2ccccc21. The molecule has 3 unspecified atom stereocenters. The van der Waals surface area contributed by atoms with Crippen molar-refractivity contribution >= 4 is 34.7 Å². The highest BCUT2D eigenvalue weighted by Gasteiger charge is 2.78. The van der Waals surface area contributed by atoms with Crippen LogP contribution in [0.25, 0.3) is 0 Å². The zero-order valence-corrected chi connectivity index (χ0v) is 21.2. The lowest BCUT2D eigenvalue weighted by atomic mass is 9.51. The van der Waals surface area contributed by atoms with Crippen LogP contribution in [-0.4, -0.2) is 35.2 Å². The highest BCUT2D eigenvalue weighted by atomic mass is 35.5. The van der Waals surface area contributed by atoms with Crippen LogP contribution in [0.1, 0.15) is 54.2 Å². The van der Waals surface area contributed by atoms with Crippen molar-refractivity contribution in [2.75, 3.05) is 17.2 Å². The fraction of sp³-hybridized carbons (Fsp3) is 0.355. The molecule has 5 aliphatic rings. The van der Waals surface area contributed by atoms with Gasteiger partial charge >= 0.3 is 0 Å². The number of para-hydroxylation sites is 2. The number of rotatable bonds is 1. The minimum Gasteiger partial charge on any atom is -0.374 e. The lowest BCUT2D eigenvalue weighted by Crippen LogP contribution is -2.64. The number of ketones is 1. The summed E-state index contributed by atoms with van der Waals surface area (Å²) < 4.78 is 0. The maximum atomic E-state index is 15.2. The minimum atomic E-state index is -1.02. The van der Waals surface area contributed by atoms with E-state index >= 15 is 4.79 Å². The standard InChI is InChI=1S/C31H28ClN3O2/c32-19-13-11-18(12-14-19)26-25-10-5-17-35(25)31(22-7-2-4-9-24(22)34-29(31)37)30(26)16-15-21-20-6-1-3-8-23(20)33-27(21)28(30)36/h1-4,6-9,11-14,21,25-27,33H,5,10,15-17H2,(H,34,37)/t21?,25?,26-,27?,30+,31-/m0/s1. The monoisotopic (exact) mass is 509 g/mol. The minimum absolute atomic E-state index is 0.0422. The number of nitrogens with zero attached hydrogens (tertiary/aromatic N) is 1. The first-order chi connectivity index (χ1) is 18.1. The van der Waals surface area contributed by atoms with E-state index in [9.17, 15) is 4.79 Å². The van der Waals surface area contributed by atoms with Gasteiger partial charge in [0, 0.05) is 39.8 Å². The van der Waals surface area contributed by atoms with Crippen molar-refractivity contribution in [2.24, 2.45) is 5.41 Å². The van der Waals surface area contributed by atoms with Gasteiger partial charge in [0.05, 0.1) is 11.5 Å². The first-order valence-electron chi connectivity index (χ1n) is 13.4. The Labute approximate surface area is 221 Å². The van der Waals surface area contributed by atoms with Crippen LogP contribution in [-0.2, 0) is 15.1 Å². The van der Waals surface area contributed by atoms with Gasteiger partial charge in [-0.2, -0.15) is 0 Å². The van der Waals surface area contributed by atoms with Gasteiger partial charge in [-0.25, -0.2) is 0 Å². The summed E-state index contributed by atoms with van der Waals surface area (Å²) in [5.41, 5.74) is 3.28. The maximum absolute atomic E-state index is 15.2.